The zero-order chi connectivity index (χ0) is 20.1. The average Bonchev–Trinajstić information content (AvgIpc) is 3.17. The summed E-state index contributed by atoms with van der Waals surface area (Å²) >= 11 is 0. The second-order valence-corrected chi connectivity index (χ2v) is 8.34. The molecule has 1 saturated heterocycles. The molecular formula is C24H31N3O2. The van der Waals surface area contributed by atoms with E-state index in [1.165, 1.54) is 31.3 Å². The molecule has 2 heterocycles. The van der Waals surface area contributed by atoms with Crippen molar-refractivity contribution in [2.45, 2.75) is 51.4 Å². The van der Waals surface area contributed by atoms with Crippen molar-refractivity contribution in [3.63, 3.8) is 0 Å². The number of likely N-dealkylation sites (tertiary alicyclic amines) is 1. The van der Waals surface area contributed by atoms with Gasteiger partial charge in [0.1, 0.15) is 0 Å². The number of hydrogen-bond donors (Lipinski definition) is 2. The van der Waals surface area contributed by atoms with E-state index in [2.05, 4.69) is 16.4 Å². The highest BCUT2D eigenvalue weighted by Gasteiger charge is 2.27. The Balaban J connectivity index is 1.22. The number of aromatic nitrogens is 1. The van der Waals surface area contributed by atoms with E-state index in [-0.39, 0.29) is 17.7 Å². The fourth-order valence-electron chi connectivity index (χ4n) is 4.57. The van der Waals surface area contributed by atoms with Crippen LogP contribution in [0.15, 0.2) is 42.1 Å². The Kier molecular flexibility index (Phi) is 6.33. The average molecular weight is 394 g/mol. The molecule has 154 valence electrons. The maximum Gasteiger partial charge on any atom is 0.227 e. The van der Waals surface area contributed by atoms with Crippen LogP contribution in [0.2, 0.25) is 0 Å². The molecule has 1 aliphatic heterocycles. The number of hydrogen-bond acceptors (Lipinski definition) is 2. The van der Waals surface area contributed by atoms with Crippen LogP contribution in [-0.4, -0.2) is 41.3 Å². The minimum absolute atomic E-state index is 0.0347. The number of fused-ring (bicyclic) bond motifs is 1. The van der Waals surface area contributed by atoms with E-state index < -0.39 is 0 Å². The van der Waals surface area contributed by atoms with E-state index in [1.54, 1.807) is 0 Å². The first-order valence-corrected chi connectivity index (χ1v) is 11.0. The Morgan fingerprint density at radius 1 is 1.14 bits per heavy atom. The van der Waals surface area contributed by atoms with Gasteiger partial charge in [-0.2, -0.15) is 0 Å². The van der Waals surface area contributed by atoms with Crippen LogP contribution in [0.5, 0.6) is 0 Å². The van der Waals surface area contributed by atoms with E-state index in [4.69, 9.17) is 0 Å². The lowest BCUT2D eigenvalue weighted by molar-refractivity contribution is -0.135. The Hall–Kier alpha value is -2.56. The topological polar surface area (TPSA) is 65.2 Å². The molecule has 5 nitrogen and oxygen atoms in total. The Morgan fingerprint density at radius 2 is 1.97 bits per heavy atom. The molecule has 2 aromatic rings. The van der Waals surface area contributed by atoms with Gasteiger partial charge in [0, 0.05) is 42.7 Å². The number of benzene rings is 1. The Bertz CT molecular complexity index is 890. The van der Waals surface area contributed by atoms with Crippen molar-refractivity contribution in [2.24, 2.45) is 5.92 Å². The lowest BCUT2D eigenvalue weighted by Crippen LogP contribution is -2.43. The third-order valence-corrected chi connectivity index (χ3v) is 6.37. The van der Waals surface area contributed by atoms with Crippen molar-refractivity contribution >= 4 is 22.7 Å². The van der Waals surface area contributed by atoms with Gasteiger partial charge in [-0.15, -0.1) is 0 Å². The fourth-order valence-corrected chi connectivity index (χ4v) is 4.57. The molecule has 2 amide bonds. The van der Waals surface area contributed by atoms with Gasteiger partial charge in [0.25, 0.3) is 0 Å². The summed E-state index contributed by atoms with van der Waals surface area (Å²) in [5.41, 5.74) is 3.60. The third-order valence-electron chi connectivity index (χ3n) is 6.37. The second-order valence-electron chi connectivity index (χ2n) is 8.34. The number of amides is 2. The number of carbonyl (C=O) groups is 2. The lowest BCUT2D eigenvalue weighted by Gasteiger charge is -2.31. The molecule has 1 aromatic carbocycles. The van der Waals surface area contributed by atoms with Gasteiger partial charge < -0.3 is 15.2 Å². The van der Waals surface area contributed by atoms with Crippen LogP contribution in [0, 0.1) is 5.92 Å². The van der Waals surface area contributed by atoms with Crippen molar-refractivity contribution < 1.29 is 9.59 Å². The van der Waals surface area contributed by atoms with Gasteiger partial charge in [-0.25, -0.2) is 0 Å². The number of nitrogens with zero attached hydrogens (tertiary/aromatic N) is 1. The van der Waals surface area contributed by atoms with Crippen molar-refractivity contribution in [3.05, 3.63) is 47.7 Å². The highest BCUT2D eigenvalue weighted by Crippen LogP contribution is 2.22. The van der Waals surface area contributed by atoms with Crippen molar-refractivity contribution in [2.75, 3.05) is 19.6 Å². The standard InChI is InChI=1S/C24H31N3O2/c28-23(16-20-17-26-22-9-5-4-8-21(20)22)27-14-11-19(12-15-27)24(29)25-13-10-18-6-2-1-3-7-18/h4-6,8-9,17,19,26H,1-3,7,10-16H2,(H,25,29). The first-order valence-electron chi connectivity index (χ1n) is 11.0. The number of para-hydroxylation sites is 1. The number of piperidine rings is 1. The number of nitrogens with one attached hydrogen (secondary N) is 2. The molecule has 0 bridgehead atoms. The first kappa shape index (κ1) is 19.7. The van der Waals surface area contributed by atoms with Crippen molar-refractivity contribution in [3.8, 4) is 0 Å². The minimum atomic E-state index is 0.0347. The van der Waals surface area contributed by atoms with Crippen molar-refractivity contribution in [1.82, 2.24) is 15.2 Å². The van der Waals surface area contributed by atoms with Gasteiger partial charge >= 0.3 is 0 Å². The summed E-state index contributed by atoms with van der Waals surface area (Å²) in [6.45, 7) is 2.08. The number of H-pyrrole nitrogens is 1. The molecule has 0 atom stereocenters. The van der Waals surface area contributed by atoms with Gasteiger partial charge in [0.05, 0.1) is 6.42 Å². The quantitative estimate of drug-likeness (QED) is 0.730. The highest BCUT2D eigenvalue weighted by atomic mass is 16.2. The summed E-state index contributed by atoms with van der Waals surface area (Å²) in [5.74, 6) is 0.343. The molecule has 2 N–H and O–H groups in total. The lowest BCUT2D eigenvalue weighted by atomic mass is 9.94. The van der Waals surface area contributed by atoms with Crippen molar-refractivity contribution in [1.29, 1.82) is 0 Å². The number of aromatic amines is 1. The largest absolute Gasteiger partial charge is 0.361 e. The van der Waals surface area contributed by atoms with Crippen LogP contribution in [0.25, 0.3) is 10.9 Å². The van der Waals surface area contributed by atoms with Crippen LogP contribution >= 0.6 is 0 Å². The maximum atomic E-state index is 12.7. The van der Waals surface area contributed by atoms with Gasteiger partial charge in [0.15, 0.2) is 0 Å². The number of allylic oxidation sites excluding steroid dienone is 1. The minimum Gasteiger partial charge on any atom is -0.361 e. The Morgan fingerprint density at radius 3 is 2.76 bits per heavy atom. The Labute approximate surface area is 172 Å². The van der Waals surface area contributed by atoms with E-state index in [0.29, 0.717) is 19.5 Å². The maximum absolute atomic E-state index is 12.7. The van der Waals surface area contributed by atoms with E-state index in [9.17, 15) is 9.59 Å². The molecule has 1 fully saturated rings. The zero-order valence-corrected chi connectivity index (χ0v) is 17.1. The molecule has 1 aromatic heterocycles. The zero-order valence-electron chi connectivity index (χ0n) is 17.1. The summed E-state index contributed by atoms with van der Waals surface area (Å²) in [6, 6.07) is 8.07. The van der Waals surface area contributed by atoms with Gasteiger partial charge in [0.2, 0.25) is 11.8 Å². The van der Waals surface area contributed by atoms with Crippen LogP contribution < -0.4 is 5.32 Å². The molecule has 1 aliphatic carbocycles. The summed E-state index contributed by atoms with van der Waals surface area (Å²) in [5, 5.41) is 4.23. The van der Waals surface area contributed by atoms with E-state index >= 15 is 0 Å². The van der Waals surface area contributed by atoms with Crippen LogP contribution in [0.4, 0.5) is 0 Å². The second kappa shape index (κ2) is 9.29. The predicted molar refractivity (Wildman–Crippen MR) is 115 cm³/mol. The van der Waals surface area contributed by atoms with E-state index in [0.717, 1.165) is 42.3 Å². The van der Waals surface area contributed by atoms with Crippen LogP contribution in [-0.2, 0) is 16.0 Å². The molecule has 0 spiro atoms. The normalized spacial score (nSPS) is 17.9. The summed E-state index contributed by atoms with van der Waals surface area (Å²) in [7, 11) is 0. The van der Waals surface area contributed by atoms with Crippen LogP contribution in [0.3, 0.4) is 0 Å². The monoisotopic (exact) mass is 393 g/mol. The molecule has 0 unspecified atom stereocenters. The van der Waals surface area contributed by atoms with Gasteiger partial charge in [-0.05, 0) is 56.6 Å². The van der Waals surface area contributed by atoms with Gasteiger partial charge in [-0.1, -0.05) is 29.8 Å². The summed E-state index contributed by atoms with van der Waals surface area (Å²) < 4.78 is 0. The summed E-state index contributed by atoms with van der Waals surface area (Å²) in [6.07, 6.45) is 12.1. The molecule has 0 radical (unpaired) electrons. The molecule has 29 heavy (non-hydrogen) atoms. The predicted octanol–water partition coefficient (Wildman–Crippen LogP) is 3.96. The molecule has 2 aliphatic rings. The molecular weight excluding hydrogens is 362 g/mol. The molecule has 5 heteroatoms. The highest BCUT2D eigenvalue weighted by molar-refractivity contribution is 5.89. The number of carbonyl (C=O) groups excluding carboxylic acids is 2. The molecule has 0 saturated carbocycles. The summed E-state index contributed by atoms with van der Waals surface area (Å²) in [4.78, 5) is 30.4. The SMILES string of the molecule is O=C(NCCC1=CCCCC1)C1CCN(C(=O)Cc2c[nH]c3ccccc23)CC1. The first-order chi connectivity index (χ1) is 14.2. The van der Waals surface area contributed by atoms with Crippen LogP contribution in [0.1, 0.15) is 50.5 Å². The number of rotatable bonds is 6. The smallest absolute Gasteiger partial charge is 0.227 e. The fraction of sp³-hybridized carbons (Fsp3) is 0.500. The van der Waals surface area contributed by atoms with E-state index in [1.807, 2.05) is 35.4 Å². The van der Waals surface area contributed by atoms with Gasteiger partial charge in [-0.3, -0.25) is 9.59 Å². The molecule has 4 rings (SSSR count). The third kappa shape index (κ3) is 4.89.